The minimum atomic E-state index is -1.20. The highest BCUT2D eigenvalue weighted by Crippen LogP contribution is 2.49. The van der Waals surface area contributed by atoms with Gasteiger partial charge in [0, 0.05) is 46.4 Å². The van der Waals surface area contributed by atoms with Gasteiger partial charge < -0.3 is 14.4 Å². The van der Waals surface area contributed by atoms with Gasteiger partial charge in [-0.3, -0.25) is 4.79 Å². The van der Waals surface area contributed by atoms with Crippen molar-refractivity contribution in [1.82, 2.24) is 4.57 Å². The van der Waals surface area contributed by atoms with Crippen molar-refractivity contribution in [2.45, 2.75) is 39.7 Å². The summed E-state index contributed by atoms with van der Waals surface area (Å²) >= 11 is 6.10. The van der Waals surface area contributed by atoms with Crippen LogP contribution in [-0.4, -0.2) is 22.2 Å². The number of nitrogens with zero attached hydrogens (tertiary/aromatic N) is 1. The Morgan fingerprint density at radius 2 is 1.84 bits per heavy atom. The van der Waals surface area contributed by atoms with Crippen LogP contribution in [0.1, 0.15) is 48.3 Å². The standard InChI is InChI=1S/C26H24ClNO4/c1-26(2,3)23-11-18-16-8-9-32-24(16)17(14-4-6-15(27)7-5-14)10-19(18)21-12-22(29)20(25(30)31)13-28(21)23/h4-7,10,12-13,23H,8-9,11H2,1-3H3,(H,30,31). The molecule has 0 aliphatic carbocycles. The van der Waals surface area contributed by atoms with Crippen LogP contribution in [0, 0.1) is 5.41 Å². The Labute approximate surface area is 191 Å². The number of rotatable bonds is 2. The lowest BCUT2D eigenvalue weighted by molar-refractivity contribution is 0.0693. The number of hydrogen-bond acceptors (Lipinski definition) is 3. The number of benzene rings is 2. The minimum Gasteiger partial charge on any atom is -0.492 e. The summed E-state index contributed by atoms with van der Waals surface area (Å²) in [6, 6.07) is 11.2. The normalized spacial score (nSPS) is 16.7. The summed E-state index contributed by atoms with van der Waals surface area (Å²) in [5.41, 5.74) is 5.23. The first-order valence-electron chi connectivity index (χ1n) is 10.7. The molecular formula is C26H24ClNO4. The van der Waals surface area contributed by atoms with E-state index in [2.05, 4.69) is 26.8 Å². The van der Waals surface area contributed by atoms with E-state index in [0.29, 0.717) is 11.6 Å². The Bertz CT molecular complexity index is 1320. The molecule has 1 aromatic heterocycles. The van der Waals surface area contributed by atoms with Gasteiger partial charge in [0.05, 0.1) is 12.3 Å². The van der Waals surface area contributed by atoms with E-state index in [1.165, 1.54) is 23.4 Å². The van der Waals surface area contributed by atoms with E-state index < -0.39 is 11.4 Å². The van der Waals surface area contributed by atoms with Crippen LogP contribution >= 0.6 is 11.6 Å². The topological polar surface area (TPSA) is 68.5 Å². The third kappa shape index (κ3) is 3.23. The molecule has 0 amide bonds. The molecule has 0 fully saturated rings. The molecule has 6 heteroatoms. The van der Waals surface area contributed by atoms with E-state index >= 15 is 0 Å². The summed E-state index contributed by atoms with van der Waals surface area (Å²) in [6.45, 7) is 7.05. The van der Waals surface area contributed by atoms with Gasteiger partial charge in [0.2, 0.25) is 0 Å². The van der Waals surface area contributed by atoms with Gasteiger partial charge >= 0.3 is 5.97 Å². The van der Waals surface area contributed by atoms with Gasteiger partial charge in [0.1, 0.15) is 11.3 Å². The van der Waals surface area contributed by atoms with Crippen molar-refractivity contribution in [3.8, 4) is 28.1 Å². The number of aromatic carboxylic acids is 1. The number of halogens is 1. The molecule has 32 heavy (non-hydrogen) atoms. The van der Waals surface area contributed by atoms with Gasteiger partial charge in [-0.05, 0) is 41.2 Å². The first-order chi connectivity index (χ1) is 15.1. The highest BCUT2D eigenvalue weighted by Gasteiger charge is 2.36. The van der Waals surface area contributed by atoms with E-state index in [9.17, 15) is 14.7 Å². The summed E-state index contributed by atoms with van der Waals surface area (Å²) in [6.07, 6.45) is 3.08. The van der Waals surface area contributed by atoms with Gasteiger partial charge in [0.15, 0.2) is 5.43 Å². The van der Waals surface area contributed by atoms with Crippen molar-refractivity contribution < 1.29 is 14.6 Å². The molecular weight excluding hydrogens is 426 g/mol. The molecule has 2 aliphatic rings. The fourth-order valence-corrected chi connectivity index (χ4v) is 5.07. The maximum absolute atomic E-state index is 12.7. The van der Waals surface area contributed by atoms with Gasteiger partial charge in [0.25, 0.3) is 0 Å². The second-order valence-corrected chi connectivity index (χ2v) is 10.0. The molecule has 0 radical (unpaired) electrons. The molecule has 3 heterocycles. The summed E-state index contributed by atoms with van der Waals surface area (Å²) in [5.74, 6) is -0.301. The number of ether oxygens (including phenoxy) is 1. The van der Waals surface area contributed by atoms with Gasteiger partial charge in [-0.15, -0.1) is 0 Å². The summed E-state index contributed by atoms with van der Waals surface area (Å²) < 4.78 is 8.07. The number of carbonyl (C=O) groups is 1. The van der Waals surface area contributed by atoms with Crippen LogP contribution in [-0.2, 0) is 12.8 Å². The van der Waals surface area contributed by atoms with Crippen LogP contribution in [0.5, 0.6) is 5.75 Å². The van der Waals surface area contributed by atoms with Crippen LogP contribution in [0.4, 0.5) is 0 Å². The number of pyridine rings is 1. The largest absolute Gasteiger partial charge is 0.492 e. The summed E-state index contributed by atoms with van der Waals surface area (Å²) in [7, 11) is 0. The van der Waals surface area contributed by atoms with Crippen LogP contribution < -0.4 is 10.2 Å². The molecule has 1 unspecified atom stereocenters. The van der Waals surface area contributed by atoms with Crippen LogP contribution in [0.2, 0.25) is 5.02 Å². The molecule has 0 spiro atoms. The smallest absolute Gasteiger partial charge is 0.341 e. The molecule has 3 aromatic rings. The third-order valence-corrected chi connectivity index (χ3v) is 6.82. The minimum absolute atomic E-state index is 0.00906. The Balaban J connectivity index is 1.82. The summed E-state index contributed by atoms with van der Waals surface area (Å²) in [4.78, 5) is 24.4. The number of hydrogen-bond donors (Lipinski definition) is 1. The van der Waals surface area contributed by atoms with E-state index in [4.69, 9.17) is 16.3 Å². The first kappa shape index (κ1) is 20.8. The SMILES string of the molecule is CC(C)(C)C1Cc2c(cc(-c3ccc(Cl)cc3)c3c2CCO3)-c2cc(=O)c(C(=O)O)cn21. The van der Waals surface area contributed by atoms with Crippen LogP contribution in [0.25, 0.3) is 22.4 Å². The molecule has 0 bridgehead atoms. The predicted molar refractivity (Wildman–Crippen MR) is 125 cm³/mol. The highest BCUT2D eigenvalue weighted by molar-refractivity contribution is 6.30. The average molecular weight is 450 g/mol. The number of carboxylic acid groups (broad SMARTS) is 1. The number of carboxylic acids is 1. The van der Waals surface area contributed by atoms with Crippen molar-refractivity contribution in [1.29, 1.82) is 0 Å². The molecule has 5 nitrogen and oxygen atoms in total. The van der Waals surface area contributed by atoms with Crippen molar-refractivity contribution >= 4 is 17.6 Å². The van der Waals surface area contributed by atoms with E-state index in [1.54, 1.807) is 0 Å². The molecule has 0 saturated heterocycles. The lowest BCUT2D eigenvalue weighted by Crippen LogP contribution is -2.33. The Kier molecular flexibility index (Phi) is 4.71. The van der Waals surface area contributed by atoms with E-state index in [-0.39, 0.29) is 17.0 Å². The third-order valence-electron chi connectivity index (χ3n) is 6.57. The fourth-order valence-electron chi connectivity index (χ4n) is 4.95. The van der Waals surface area contributed by atoms with Gasteiger partial charge in [-0.1, -0.05) is 44.5 Å². The summed E-state index contributed by atoms with van der Waals surface area (Å²) in [5, 5.41) is 10.2. The molecule has 5 rings (SSSR count). The molecule has 0 saturated carbocycles. The zero-order chi connectivity index (χ0) is 22.8. The van der Waals surface area contributed by atoms with Crippen molar-refractivity contribution in [2.75, 3.05) is 6.61 Å². The maximum Gasteiger partial charge on any atom is 0.341 e. The Morgan fingerprint density at radius 1 is 1.12 bits per heavy atom. The van der Waals surface area contributed by atoms with E-state index in [0.717, 1.165) is 41.0 Å². The lowest BCUT2D eigenvalue weighted by atomic mass is 9.76. The Hall–Kier alpha value is -3.05. The van der Waals surface area contributed by atoms with Gasteiger partial charge in [-0.2, -0.15) is 0 Å². The zero-order valence-corrected chi connectivity index (χ0v) is 19.0. The number of fused-ring (bicyclic) bond motifs is 5. The lowest BCUT2D eigenvalue weighted by Gasteiger charge is -2.39. The van der Waals surface area contributed by atoms with Crippen LogP contribution in [0.3, 0.4) is 0 Å². The van der Waals surface area contributed by atoms with E-state index in [1.807, 2.05) is 28.8 Å². The maximum atomic E-state index is 12.7. The molecule has 2 aliphatic heterocycles. The fraction of sp³-hybridized carbons (Fsp3) is 0.308. The molecule has 1 atom stereocenters. The quantitative estimate of drug-likeness (QED) is 0.552. The molecule has 2 aromatic carbocycles. The Morgan fingerprint density at radius 3 is 2.50 bits per heavy atom. The second kappa shape index (κ2) is 7.24. The zero-order valence-electron chi connectivity index (χ0n) is 18.2. The van der Waals surface area contributed by atoms with Crippen molar-refractivity contribution in [3.05, 3.63) is 74.5 Å². The monoisotopic (exact) mass is 449 g/mol. The van der Waals surface area contributed by atoms with Crippen molar-refractivity contribution in [3.63, 3.8) is 0 Å². The predicted octanol–water partition coefficient (Wildman–Crippen LogP) is 5.61. The van der Waals surface area contributed by atoms with Crippen LogP contribution in [0.15, 0.2) is 47.4 Å². The first-order valence-corrected chi connectivity index (χ1v) is 11.1. The molecule has 164 valence electrons. The molecule has 1 N–H and O–H groups in total. The number of aromatic nitrogens is 1. The average Bonchev–Trinajstić information content (AvgIpc) is 3.22. The van der Waals surface area contributed by atoms with Crippen molar-refractivity contribution in [2.24, 2.45) is 5.41 Å². The van der Waals surface area contributed by atoms with Gasteiger partial charge in [-0.25, -0.2) is 4.79 Å². The highest BCUT2D eigenvalue weighted by atomic mass is 35.5. The second-order valence-electron chi connectivity index (χ2n) is 9.60.